The molecule has 0 aromatic carbocycles. The van der Waals surface area contributed by atoms with Crippen LogP contribution < -0.4 is 11.0 Å². The lowest BCUT2D eigenvalue weighted by Gasteiger charge is -2.23. The molecule has 2 heterocycles. The van der Waals surface area contributed by atoms with Gasteiger partial charge in [0.25, 0.3) is 0 Å². The van der Waals surface area contributed by atoms with Crippen molar-refractivity contribution in [1.29, 1.82) is 0 Å². The summed E-state index contributed by atoms with van der Waals surface area (Å²) in [5.41, 5.74) is -0.987. The van der Waals surface area contributed by atoms with Gasteiger partial charge < -0.3 is 5.32 Å². The highest BCUT2D eigenvalue weighted by molar-refractivity contribution is 7.99. The lowest BCUT2D eigenvalue weighted by atomic mass is 10.0. The Morgan fingerprint density at radius 2 is 2.26 bits per heavy atom. The van der Waals surface area contributed by atoms with E-state index in [1.165, 1.54) is 16.3 Å². The molecule has 23 heavy (non-hydrogen) atoms. The number of unbranched alkanes of at least 4 members (excludes halogenated alkanes) is 1. The molecule has 1 fully saturated rings. The zero-order chi connectivity index (χ0) is 17.1. The molecule has 1 saturated heterocycles. The van der Waals surface area contributed by atoms with Crippen molar-refractivity contribution in [2.45, 2.75) is 50.4 Å². The molecule has 1 amide bonds. The van der Waals surface area contributed by atoms with Gasteiger partial charge in [-0.2, -0.15) is 0 Å². The van der Waals surface area contributed by atoms with Crippen LogP contribution in [0.25, 0.3) is 0 Å². The number of rotatable bonds is 7. The minimum atomic E-state index is -3.06. The number of carbonyl (C=O) groups excluding carboxylic acids is 1. The molecule has 8 nitrogen and oxygen atoms in total. The lowest BCUT2D eigenvalue weighted by Crippen LogP contribution is -2.47. The quantitative estimate of drug-likeness (QED) is 0.668. The number of hydrogen-bond donors (Lipinski definition) is 2. The fourth-order valence-corrected chi connectivity index (χ4v) is 5.40. The average molecular weight is 362 g/mol. The third-order valence-electron chi connectivity index (χ3n) is 3.74. The summed E-state index contributed by atoms with van der Waals surface area (Å²) in [5, 5.41) is 9.57. The van der Waals surface area contributed by atoms with E-state index in [1.807, 2.05) is 6.92 Å². The maximum absolute atomic E-state index is 12.1. The van der Waals surface area contributed by atoms with Gasteiger partial charge in [0.15, 0.2) is 15.0 Å². The predicted molar refractivity (Wildman–Crippen MR) is 88.3 cm³/mol. The van der Waals surface area contributed by atoms with E-state index in [2.05, 4.69) is 15.5 Å². The van der Waals surface area contributed by atoms with Crippen LogP contribution in [0.4, 0.5) is 0 Å². The van der Waals surface area contributed by atoms with Gasteiger partial charge in [-0.15, -0.1) is 5.10 Å². The van der Waals surface area contributed by atoms with Gasteiger partial charge in [-0.1, -0.05) is 25.1 Å². The molecular weight excluding hydrogens is 340 g/mol. The van der Waals surface area contributed by atoms with Crippen LogP contribution in [-0.2, 0) is 21.2 Å². The molecule has 2 N–H and O–H groups in total. The van der Waals surface area contributed by atoms with Crippen molar-refractivity contribution in [2.75, 3.05) is 17.3 Å². The first-order chi connectivity index (χ1) is 10.7. The molecule has 0 unspecified atom stereocenters. The van der Waals surface area contributed by atoms with E-state index < -0.39 is 15.4 Å². The number of H-pyrrole nitrogens is 1. The van der Waals surface area contributed by atoms with Gasteiger partial charge in [-0.05, 0) is 19.8 Å². The molecule has 1 atom stereocenters. The Morgan fingerprint density at radius 3 is 2.87 bits per heavy atom. The van der Waals surface area contributed by atoms with Crippen LogP contribution in [0.5, 0.6) is 0 Å². The number of aromatic nitrogens is 3. The number of sulfone groups is 1. The molecule has 130 valence electrons. The largest absolute Gasteiger partial charge is 0.349 e. The Hall–Kier alpha value is -1.29. The SMILES string of the molecule is CCCCn1c(SCC(=O)N[C@@]2(C)CCS(=O)(=O)C2)n[nH]c1=O. The predicted octanol–water partition coefficient (Wildman–Crippen LogP) is 0.157. The molecule has 0 aliphatic carbocycles. The normalized spacial score (nSPS) is 23.0. The third kappa shape index (κ3) is 4.84. The zero-order valence-corrected chi connectivity index (χ0v) is 14.9. The smallest absolute Gasteiger partial charge is 0.343 e. The molecule has 10 heteroatoms. The Kier molecular flexibility index (Phi) is 5.56. The Labute approximate surface area is 139 Å². The summed E-state index contributed by atoms with van der Waals surface area (Å²) in [6, 6.07) is 0. The first-order valence-corrected chi connectivity index (χ1v) is 10.3. The molecule has 1 aliphatic rings. The lowest BCUT2D eigenvalue weighted by molar-refractivity contribution is -0.120. The van der Waals surface area contributed by atoms with Crippen molar-refractivity contribution in [3.8, 4) is 0 Å². The first-order valence-electron chi connectivity index (χ1n) is 7.54. The van der Waals surface area contributed by atoms with Gasteiger partial charge in [-0.25, -0.2) is 18.3 Å². The third-order valence-corrected chi connectivity index (χ3v) is 6.61. The summed E-state index contributed by atoms with van der Waals surface area (Å²) in [7, 11) is -3.06. The molecule has 1 aromatic rings. The molecule has 1 aromatic heterocycles. The van der Waals surface area contributed by atoms with E-state index in [0.717, 1.165) is 12.8 Å². The minimum Gasteiger partial charge on any atom is -0.349 e. The summed E-state index contributed by atoms with van der Waals surface area (Å²) in [6.07, 6.45) is 2.24. The van der Waals surface area contributed by atoms with Crippen molar-refractivity contribution < 1.29 is 13.2 Å². The second-order valence-corrected chi connectivity index (χ2v) is 9.18. The Balaban J connectivity index is 1.91. The van der Waals surface area contributed by atoms with Gasteiger partial charge in [0, 0.05) is 6.54 Å². The molecule has 2 rings (SSSR count). The van der Waals surface area contributed by atoms with Crippen LogP contribution in [0, 0.1) is 0 Å². The van der Waals surface area contributed by atoms with Crippen LogP contribution in [0.1, 0.15) is 33.1 Å². The van der Waals surface area contributed by atoms with Crippen molar-refractivity contribution in [2.24, 2.45) is 0 Å². The van der Waals surface area contributed by atoms with Crippen molar-refractivity contribution in [1.82, 2.24) is 20.1 Å². The van der Waals surface area contributed by atoms with Crippen molar-refractivity contribution >= 4 is 27.5 Å². The average Bonchev–Trinajstić information content (AvgIpc) is 2.94. The van der Waals surface area contributed by atoms with E-state index in [1.54, 1.807) is 6.92 Å². The number of carbonyl (C=O) groups is 1. The van der Waals surface area contributed by atoms with Crippen LogP contribution in [0.2, 0.25) is 0 Å². The molecule has 1 aliphatic heterocycles. The van der Waals surface area contributed by atoms with Crippen molar-refractivity contribution in [3.63, 3.8) is 0 Å². The number of aromatic amines is 1. The second kappa shape index (κ2) is 7.08. The number of hydrogen-bond acceptors (Lipinski definition) is 6. The van der Waals surface area contributed by atoms with Gasteiger partial charge in [0.05, 0.1) is 22.8 Å². The standard InChI is InChI=1S/C13H22N4O4S2/c1-3-4-6-17-11(19)15-16-12(17)22-8-10(18)14-13(2)5-7-23(20,21)9-13/h3-9H2,1-2H3,(H,14,18)(H,15,19)/t13-/m0/s1. The minimum absolute atomic E-state index is 0.0278. The molecule has 0 bridgehead atoms. The van der Waals surface area contributed by atoms with E-state index in [4.69, 9.17) is 0 Å². The highest BCUT2D eigenvalue weighted by atomic mass is 32.2. The van der Waals surface area contributed by atoms with Gasteiger partial charge in [0.2, 0.25) is 5.91 Å². The maximum Gasteiger partial charge on any atom is 0.343 e. The molecule has 0 radical (unpaired) electrons. The number of thioether (sulfide) groups is 1. The summed E-state index contributed by atoms with van der Waals surface area (Å²) >= 11 is 1.17. The monoisotopic (exact) mass is 362 g/mol. The summed E-state index contributed by atoms with van der Waals surface area (Å²) in [5.74, 6) is -0.0917. The highest BCUT2D eigenvalue weighted by Gasteiger charge is 2.39. The van der Waals surface area contributed by atoms with Gasteiger partial charge in [0.1, 0.15) is 0 Å². The summed E-state index contributed by atoms with van der Waals surface area (Å²) in [4.78, 5) is 23.7. The summed E-state index contributed by atoms with van der Waals surface area (Å²) in [6.45, 7) is 4.33. The van der Waals surface area contributed by atoms with E-state index >= 15 is 0 Å². The first kappa shape index (κ1) is 18.1. The zero-order valence-electron chi connectivity index (χ0n) is 13.3. The summed E-state index contributed by atoms with van der Waals surface area (Å²) < 4.78 is 24.6. The highest BCUT2D eigenvalue weighted by Crippen LogP contribution is 2.23. The molecule has 0 saturated carbocycles. The number of nitrogens with one attached hydrogen (secondary N) is 2. The fourth-order valence-electron chi connectivity index (χ4n) is 2.54. The van der Waals surface area contributed by atoms with E-state index in [-0.39, 0.29) is 28.9 Å². The fraction of sp³-hybridized carbons (Fsp3) is 0.769. The van der Waals surface area contributed by atoms with Crippen LogP contribution in [-0.4, -0.2) is 51.9 Å². The Bertz CT molecular complexity index is 725. The molecular formula is C13H22N4O4S2. The van der Waals surface area contributed by atoms with Crippen LogP contribution in [0.3, 0.4) is 0 Å². The second-order valence-electron chi connectivity index (χ2n) is 6.06. The number of nitrogens with zero attached hydrogens (tertiary/aromatic N) is 2. The number of amides is 1. The van der Waals surface area contributed by atoms with Crippen LogP contribution in [0.15, 0.2) is 9.95 Å². The van der Waals surface area contributed by atoms with E-state index in [9.17, 15) is 18.0 Å². The van der Waals surface area contributed by atoms with Crippen molar-refractivity contribution in [3.05, 3.63) is 10.5 Å². The van der Waals surface area contributed by atoms with E-state index in [0.29, 0.717) is 18.1 Å². The van der Waals surface area contributed by atoms with Gasteiger partial charge in [-0.3, -0.25) is 9.36 Å². The Morgan fingerprint density at radius 1 is 1.52 bits per heavy atom. The maximum atomic E-state index is 12.1. The van der Waals surface area contributed by atoms with Gasteiger partial charge >= 0.3 is 5.69 Å². The molecule has 0 spiro atoms. The van der Waals surface area contributed by atoms with Crippen LogP contribution >= 0.6 is 11.8 Å². The topological polar surface area (TPSA) is 114 Å².